The number of ether oxygens (including phenoxy) is 1. The first kappa shape index (κ1) is 18.4. The molecule has 0 aliphatic heterocycles. The van der Waals surface area contributed by atoms with Crippen molar-refractivity contribution in [3.8, 4) is 17.1 Å². The minimum Gasteiger partial charge on any atom is -0.489 e. The molecule has 29 heavy (non-hydrogen) atoms. The van der Waals surface area contributed by atoms with Crippen LogP contribution in [0.15, 0.2) is 78.9 Å². The number of carbonyl (C=O) groups is 1. The van der Waals surface area contributed by atoms with E-state index in [-0.39, 0.29) is 5.91 Å². The van der Waals surface area contributed by atoms with E-state index >= 15 is 0 Å². The summed E-state index contributed by atoms with van der Waals surface area (Å²) in [5, 5.41) is 16.8. The molecule has 0 saturated carbocycles. The maximum Gasteiger partial charge on any atom is 0.251 e. The topological polar surface area (TPSA) is 92.8 Å². The molecule has 0 aliphatic carbocycles. The highest BCUT2D eigenvalue weighted by molar-refractivity contribution is 5.94. The fraction of sp³-hybridized carbons (Fsp3) is 0.0909. The van der Waals surface area contributed by atoms with Crippen LogP contribution in [0.4, 0.5) is 0 Å². The van der Waals surface area contributed by atoms with Crippen molar-refractivity contribution in [3.05, 3.63) is 95.6 Å². The van der Waals surface area contributed by atoms with Gasteiger partial charge in [-0.1, -0.05) is 54.6 Å². The van der Waals surface area contributed by atoms with Gasteiger partial charge in [0.15, 0.2) is 0 Å². The third-order valence-corrected chi connectivity index (χ3v) is 4.45. The van der Waals surface area contributed by atoms with E-state index in [4.69, 9.17) is 4.74 Å². The van der Waals surface area contributed by atoms with Crippen molar-refractivity contribution in [2.75, 3.05) is 0 Å². The largest absolute Gasteiger partial charge is 0.489 e. The zero-order valence-corrected chi connectivity index (χ0v) is 15.6. The van der Waals surface area contributed by atoms with Crippen molar-refractivity contribution in [2.45, 2.75) is 13.2 Å². The quantitative estimate of drug-likeness (QED) is 0.509. The highest BCUT2D eigenvalue weighted by atomic mass is 16.5. The fourth-order valence-electron chi connectivity index (χ4n) is 2.88. The van der Waals surface area contributed by atoms with E-state index in [1.807, 2.05) is 54.6 Å². The van der Waals surface area contributed by atoms with Crippen LogP contribution in [0.2, 0.25) is 0 Å². The maximum atomic E-state index is 12.5. The minimum absolute atomic E-state index is 0.150. The van der Waals surface area contributed by atoms with Gasteiger partial charge in [-0.2, -0.15) is 5.21 Å². The molecule has 0 unspecified atom stereocenters. The molecule has 0 aliphatic rings. The number of nitrogens with one attached hydrogen (secondary N) is 2. The van der Waals surface area contributed by atoms with Crippen molar-refractivity contribution in [3.63, 3.8) is 0 Å². The van der Waals surface area contributed by atoms with Gasteiger partial charge in [-0.15, -0.1) is 10.2 Å². The van der Waals surface area contributed by atoms with Gasteiger partial charge in [0.1, 0.15) is 12.4 Å². The average Bonchev–Trinajstić information content (AvgIpc) is 3.32. The van der Waals surface area contributed by atoms with Gasteiger partial charge in [-0.05, 0) is 40.6 Å². The molecule has 0 spiro atoms. The first-order chi connectivity index (χ1) is 14.3. The van der Waals surface area contributed by atoms with E-state index < -0.39 is 0 Å². The van der Waals surface area contributed by atoms with Crippen molar-refractivity contribution in [2.24, 2.45) is 0 Å². The summed E-state index contributed by atoms with van der Waals surface area (Å²) in [5.74, 6) is 1.15. The third-order valence-electron chi connectivity index (χ3n) is 4.45. The summed E-state index contributed by atoms with van der Waals surface area (Å²) < 4.78 is 5.84. The Morgan fingerprint density at radius 1 is 0.897 bits per heavy atom. The van der Waals surface area contributed by atoms with E-state index in [0.717, 1.165) is 22.4 Å². The van der Waals surface area contributed by atoms with Crippen LogP contribution in [0.1, 0.15) is 21.5 Å². The summed E-state index contributed by atoms with van der Waals surface area (Å²) in [7, 11) is 0. The molecular formula is C22H19N5O2. The molecule has 1 aromatic heterocycles. The molecule has 3 aromatic carbocycles. The predicted molar refractivity (Wildman–Crippen MR) is 108 cm³/mol. The van der Waals surface area contributed by atoms with Gasteiger partial charge < -0.3 is 10.1 Å². The molecule has 1 heterocycles. The summed E-state index contributed by atoms with van der Waals surface area (Å²) in [6.07, 6.45) is 0. The number of amides is 1. The van der Waals surface area contributed by atoms with E-state index in [9.17, 15) is 4.79 Å². The Morgan fingerprint density at radius 2 is 1.62 bits per heavy atom. The minimum atomic E-state index is -0.150. The highest BCUT2D eigenvalue weighted by Gasteiger charge is 2.09. The Bertz CT molecular complexity index is 1060. The smallest absolute Gasteiger partial charge is 0.251 e. The summed E-state index contributed by atoms with van der Waals surface area (Å²) >= 11 is 0. The van der Waals surface area contributed by atoms with Crippen molar-refractivity contribution in [1.82, 2.24) is 25.9 Å². The lowest BCUT2D eigenvalue weighted by Crippen LogP contribution is -2.23. The molecule has 0 atom stereocenters. The molecule has 2 N–H and O–H groups in total. The number of carbonyl (C=O) groups excluding carboxylic acids is 1. The molecule has 144 valence electrons. The molecule has 1 amide bonds. The number of para-hydroxylation sites is 1. The molecule has 7 nitrogen and oxygen atoms in total. The van der Waals surface area contributed by atoms with Crippen LogP contribution in [-0.2, 0) is 13.2 Å². The highest BCUT2D eigenvalue weighted by Crippen LogP contribution is 2.16. The number of hydrogen-bond donors (Lipinski definition) is 2. The Hall–Kier alpha value is -4.00. The first-order valence-corrected chi connectivity index (χ1v) is 9.16. The van der Waals surface area contributed by atoms with Gasteiger partial charge in [0.05, 0.1) is 0 Å². The van der Waals surface area contributed by atoms with Crippen LogP contribution >= 0.6 is 0 Å². The second-order valence-electron chi connectivity index (χ2n) is 6.37. The predicted octanol–water partition coefficient (Wildman–Crippen LogP) is 3.38. The van der Waals surface area contributed by atoms with Gasteiger partial charge >= 0.3 is 0 Å². The van der Waals surface area contributed by atoms with Gasteiger partial charge in [0, 0.05) is 17.7 Å². The molecule has 0 saturated heterocycles. The Morgan fingerprint density at radius 3 is 2.34 bits per heavy atom. The lowest BCUT2D eigenvalue weighted by Gasteiger charge is -2.12. The number of tetrazole rings is 1. The fourth-order valence-corrected chi connectivity index (χ4v) is 2.88. The van der Waals surface area contributed by atoms with Gasteiger partial charge in [-0.25, -0.2) is 0 Å². The number of aromatic nitrogens is 4. The normalized spacial score (nSPS) is 10.5. The lowest BCUT2D eigenvalue weighted by molar-refractivity contribution is 0.0950. The lowest BCUT2D eigenvalue weighted by atomic mass is 10.1. The van der Waals surface area contributed by atoms with Crippen LogP contribution in [0.3, 0.4) is 0 Å². The summed E-state index contributed by atoms with van der Waals surface area (Å²) in [5.41, 5.74) is 3.40. The second-order valence-corrected chi connectivity index (χ2v) is 6.37. The number of hydrogen-bond acceptors (Lipinski definition) is 5. The zero-order chi connectivity index (χ0) is 19.9. The SMILES string of the molecule is O=C(NCc1ccccc1COc1ccccc1)c1ccc(-c2nn[nH]n2)cc1. The molecule has 7 heteroatoms. The van der Waals surface area contributed by atoms with E-state index in [1.54, 1.807) is 24.3 Å². The average molecular weight is 385 g/mol. The monoisotopic (exact) mass is 385 g/mol. The van der Waals surface area contributed by atoms with Crippen LogP contribution in [0.5, 0.6) is 5.75 Å². The number of rotatable bonds is 7. The first-order valence-electron chi connectivity index (χ1n) is 9.16. The standard InChI is InChI=1S/C22H19N5O2/c28-22(17-12-10-16(11-13-17)21-24-26-27-25-21)23-14-18-6-4-5-7-19(18)15-29-20-8-2-1-3-9-20/h1-13H,14-15H2,(H,23,28)(H,24,25,26,27). The number of nitrogens with zero attached hydrogens (tertiary/aromatic N) is 3. The molecule has 4 aromatic rings. The Kier molecular flexibility index (Phi) is 5.57. The summed E-state index contributed by atoms with van der Waals surface area (Å²) in [4.78, 5) is 12.5. The van der Waals surface area contributed by atoms with Crippen molar-refractivity contribution >= 4 is 5.91 Å². The van der Waals surface area contributed by atoms with Gasteiger partial charge in [-0.3, -0.25) is 4.79 Å². The Balaban J connectivity index is 1.38. The van der Waals surface area contributed by atoms with E-state index in [1.165, 1.54) is 0 Å². The number of aromatic amines is 1. The zero-order valence-electron chi connectivity index (χ0n) is 15.6. The molecule has 0 bridgehead atoms. The van der Waals surface area contributed by atoms with Crippen LogP contribution in [-0.4, -0.2) is 26.5 Å². The number of H-pyrrole nitrogens is 1. The van der Waals surface area contributed by atoms with Crippen LogP contribution < -0.4 is 10.1 Å². The number of benzene rings is 3. The summed E-state index contributed by atoms with van der Waals surface area (Å²) in [6.45, 7) is 0.856. The molecular weight excluding hydrogens is 366 g/mol. The second kappa shape index (κ2) is 8.79. The summed E-state index contributed by atoms with van der Waals surface area (Å²) in [6, 6.07) is 24.6. The molecule has 4 rings (SSSR count). The van der Waals surface area contributed by atoms with Gasteiger partial charge in [0.2, 0.25) is 5.82 Å². The third kappa shape index (κ3) is 4.65. The van der Waals surface area contributed by atoms with Gasteiger partial charge in [0.25, 0.3) is 5.91 Å². The van der Waals surface area contributed by atoms with Crippen LogP contribution in [0.25, 0.3) is 11.4 Å². The van der Waals surface area contributed by atoms with E-state index in [2.05, 4.69) is 25.9 Å². The maximum absolute atomic E-state index is 12.5. The Labute approximate surface area is 167 Å². The van der Waals surface area contributed by atoms with E-state index in [0.29, 0.717) is 24.5 Å². The van der Waals surface area contributed by atoms with Crippen LogP contribution in [0, 0.1) is 0 Å². The van der Waals surface area contributed by atoms with Crippen molar-refractivity contribution in [1.29, 1.82) is 0 Å². The molecule has 0 radical (unpaired) electrons. The molecule has 0 fully saturated rings. The van der Waals surface area contributed by atoms with Crippen molar-refractivity contribution < 1.29 is 9.53 Å².